The van der Waals surface area contributed by atoms with Crippen LogP contribution < -0.4 is 10.2 Å². The van der Waals surface area contributed by atoms with Crippen molar-refractivity contribution >= 4 is 46.9 Å². The molecule has 3 rings (SSSR count). The Hall–Kier alpha value is -2.53. The average Bonchev–Trinajstić information content (AvgIpc) is 2.66. The second-order valence-corrected chi connectivity index (χ2v) is 6.62. The SMILES string of the molecule is O=C(N/N=C/c1cc(Cl)cc(Cl)c1Cl)c1ccccc1Oc1ccccc1. The van der Waals surface area contributed by atoms with Crippen molar-refractivity contribution in [3.63, 3.8) is 0 Å². The van der Waals surface area contributed by atoms with Gasteiger partial charge in [0.1, 0.15) is 11.5 Å². The average molecular weight is 420 g/mol. The number of halogens is 3. The standard InChI is InChI=1S/C20H13Cl3N2O2/c21-14-10-13(19(23)17(22)11-14)12-24-25-20(26)16-8-4-5-9-18(16)27-15-6-2-1-3-7-15/h1-12H,(H,25,26)/b24-12+. The highest BCUT2D eigenvalue weighted by Crippen LogP contribution is 2.29. The molecule has 0 aliphatic carbocycles. The number of rotatable bonds is 5. The molecular formula is C20H13Cl3N2O2. The van der Waals surface area contributed by atoms with Crippen molar-refractivity contribution < 1.29 is 9.53 Å². The number of para-hydroxylation sites is 2. The van der Waals surface area contributed by atoms with E-state index >= 15 is 0 Å². The highest BCUT2D eigenvalue weighted by Gasteiger charge is 2.12. The Morgan fingerprint density at radius 1 is 0.963 bits per heavy atom. The minimum Gasteiger partial charge on any atom is -0.457 e. The van der Waals surface area contributed by atoms with Crippen LogP contribution in [-0.2, 0) is 0 Å². The number of carbonyl (C=O) groups is 1. The normalized spacial score (nSPS) is 10.8. The number of nitrogens with zero attached hydrogens (tertiary/aromatic N) is 1. The second kappa shape index (κ2) is 8.91. The molecule has 0 aromatic heterocycles. The summed E-state index contributed by atoms with van der Waals surface area (Å²) in [5.41, 5.74) is 3.28. The number of hydrogen-bond acceptors (Lipinski definition) is 3. The van der Waals surface area contributed by atoms with Gasteiger partial charge in [-0.25, -0.2) is 5.43 Å². The molecule has 0 saturated heterocycles. The van der Waals surface area contributed by atoms with Crippen LogP contribution in [0.1, 0.15) is 15.9 Å². The minimum absolute atomic E-state index is 0.298. The molecule has 27 heavy (non-hydrogen) atoms. The fraction of sp³-hybridized carbons (Fsp3) is 0. The third kappa shape index (κ3) is 5.01. The molecule has 0 atom stereocenters. The summed E-state index contributed by atoms with van der Waals surface area (Å²) in [5, 5.41) is 4.95. The molecule has 3 aromatic carbocycles. The molecule has 0 unspecified atom stereocenters. The molecule has 3 aromatic rings. The first-order valence-electron chi connectivity index (χ1n) is 7.84. The van der Waals surface area contributed by atoms with Crippen LogP contribution in [0.25, 0.3) is 0 Å². The van der Waals surface area contributed by atoms with Crippen molar-refractivity contribution in [2.45, 2.75) is 0 Å². The number of hydrazone groups is 1. The molecule has 0 heterocycles. The van der Waals surface area contributed by atoms with Crippen LogP contribution in [0.5, 0.6) is 11.5 Å². The second-order valence-electron chi connectivity index (χ2n) is 5.40. The molecule has 1 amide bonds. The van der Waals surface area contributed by atoms with Gasteiger partial charge in [0.05, 0.1) is 21.8 Å². The van der Waals surface area contributed by atoms with Gasteiger partial charge in [-0.3, -0.25) is 4.79 Å². The number of hydrogen-bond donors (Lipinski definition) is 1. The topological polar surface area (TPSA) is 50.7 Å². The van der Waals surface area contributed by atoms with E-state index in [9.17, 15) is 4.79 Å². The van der Waals surface area contributed by atoms with Crippen molar-refractivity contribution in [1.29, 1.82) is 0 Å². The Labute approximate surface area is 171 Å². The number of benzene rings is 3. The van der Waals surface area contributed by atoms with Crippen LogP contribution in [0.4, 0.5) is 0 Å². The summed E-state index contributed by atoms with van der Waals surface area (Å²) in [6.07, 6.45) is 1.37. The lowest BCUT2D eigenvalue weighted by Gasteiger charge is -2.09. The molecular weight excluding hydrogens is 407 g/mol. The molecule has 0 bridgehead atoms. The summed E-state index contributed by atoms with van der Waals surface area (Å²) >= 11 is 18.0. The zero-order valence-electron chi connectivity index (χ0n) is 13.8. The number of carbonyl (C=O) groups excluding carboxylic acids is 1. The van der Waals surface area contributed by atoms with Gasteiger partial charge in [0.15, 0.2) is 0 Å². The van der Waals surface area contributed by atoms with Crippen molar-refractivity contribution in [1.82, 2.24) is 5.43 Å². The van der Waals surface area contributed by atoms with Crippen molar-refractivity contribution in [3.05, 3.63) is 92.9 Å². The lowest BCUT2D eigenvalue weighted by molar-refractivity contribution is 0.0953. The van der Waals surface area contributed by atoms with Crippen LogP contribution in [-0.4, -0.2) is 12.1 Å². The van der Waals surface area contributed by atoms with Gasteiger partial charge in [-0.05, 0) is 36.4 Å². The van der Waals surface area contributed by atoms with Gasteiger partial charge >= 0.3 is 0 Å². The summed E-state index contributed by atoms with van der Waals surface area (Å²) in [6, 6.07) is 19.2. The third-order valence-corrected chi connectivity index (χ3v) is 4.53. The minimum atomic E-state index is -0.429. The first-order chi connectivity index (χ1) is 13.0. The van der Waals surface area contributed by atoms with E-state index in [1.807, 2.05) is 18.2 Å². The first-order valence-corrected chi connectivity index (χ1v) is 8.98. The Morgan fingerprint density at radius 3 is 2.44 bits per heavy atom. The zero-order chi connectivity index (χ0) is 19.2. The molecule has 1 N–H and O–H groups in total. The van der Waals surface area contributed by atoms with E-state index in [-0.39, 0.29) is 0 Å². The van der Waals surface area contributed by atoms with Crippen LogP contribution in [0.2, 0.25) is 15.1 Å². The lowest BCUT2D eigenvalue weighted by Crippen LogP contribution is -2.18. The van der Waals surface area contributed by atoms with Gasteiger partial charge in [-0.15, -0.1) is 0 Å². The zero-order valence-corrected chi connectivity index (χ0v) is 16.1. The van der Waals surface area contributed by atoms with Crippen LogP contribution in [0, 0.1) is 0 Å². The van der Waals surface area contributed by atoms with Crippen molar-refractivity contribution in [2.24, 2.45) is 5.10 Å². The predicted octanol–water partition coefficient (Wildman–Crippen LogP) is 6.20. The number of nitrogens with one attached hydrogen (secondary N) is 1. The fourth-order valence-electron chi connectivity index (χ4n) is 2.25. The predicted molar refractivity (Wildman–Crippen MR) is 109 cm³/mol. The van der Waals surface area contributed by atoms with Crippen LogP contribution in [0.3, 0.4) is 0 Å². The third-order valence-electron chi connectivity index (χ3n) is 3.49. The summed E-state index contributed by atoms with van der Waals surface area (Å²) in [7, 11) is 0. The van der Waals surface area contributed by atoms with E-state index in [0.29, 0.717) is 37.7 Å². The summed E-state index contributed by atoms with van der Waals surface area (Å²) in [5.74, 6) is 0.615. The summed E-state index contributed by atoms with van der Waals surface area (Å²) in [4.78, 5) is 12.5. The molecule has 0 saturated carbocycles. The molecule has 136 valence electrons. The Balaban J connectivity index is 1.75. The van der Waals surface area contributed by atoms with E-state index in [0.717, 1.165) is 0 Å². The van der Waals surface area contributed by atoms with Gasteiger partial charge in [0, 0.05) is 10.6 Å². The fourth-order valence-corrected chi connectivity index (χ4v) is 2.92. The van der Waals surface area contributed by atoms with Gasteiger partial charge in [-0.2, -0.15) is 5.10 Å². The summed E-state index contributed by atoms with van der Waals surface area (Å²) < 4.78 is 5.78. The highest BCUT2D eigenvalue weighted by atomic mass is 35.5. The van der Waals surface area contributed by atoms with Gasteiger partial charge in [-0.1, -0.05) is 65.1 Å². The molecule has 0 fully saturated rings. The maximum atomic E-state index is 12.5. The Kier molecular flexibility index (Phi) is 6.35. The summed E-state index contributed by atoms with van der Waals surface area (Å²) in [6.45, 7) is 0. The van der Waals surface area contributed by atoms with Gasteiger partial charge in [0.2, 0.25) is 0 Å². The van der Waals surface area contributed by atoms with E-state index < -0.39 is 5.91 Å². The Morgan fingerprint density at radius 2 is 1.67 bits per heavy atom. The molecule has 7 heteroatoms. The lowest BCUT2D eigenvalue weighted by atomic mass is 10.2. The molecule has 0 spiro atoms. The smallest absolute Gasteiger partial charge is 0.275 e. The van der Waals surface area contributed by atoms with E-state index in [1.165, 1.54) is 12.3 Å². The van der Waals surface area contributed by atoms with Crippen LogP contribution in [0.15, 0.2) is 71.8 Å². The van der Waals surface area contributed by atoms with Crippen LogP contribution >= 0.6 is 34.8 Å². The van der Waals surface area contributed by atoms with Crippen molar-refractivity contribution in [2.75, 3.05) is 0 Å². The number of amides is 1. The largest absolute Gasteiger partial charge is 0.457 e. The van der Waals surface area contributed by atoms with E-state index in [2.05, 4.69) is 10.5 Å². The van der Waals surface area contributed by atoms with Gasteiger partial charge < -0.3 is 4.74 Å². The molecule has 0 radical (unpaired) electrons. The van der Waals surface area contributed by atoms with Gasteiger partial charge in [0.25, 0.3) is 5.91 Å². The molecule has 0 aliphatic rings. The molecule has 0 aliphatic heterocycles. The maximum absolute atomic E-state index is 12.5. The first kappa shape index (κ1) is 19.2. The Bertz CT molecular complexity index is 992. The quantitative estimate of drug-likeness (QED) is 0.304. The number of ether oxygens (including phenoxy) is 1. The molecule has 4 nitrogen and oxygen atoms in total. The monoisotopic (exact) mass is 418 g/mol. The maximum Gasteiger partial charge on any atom is 0.275 e. The van der Waals surface area contributed by atoms with Crippen molar-refractivity contribution in [3.8, 4) is 11.5 Å². The highest BCUT2D eigenvalue weighted by molar-refractivity contribution is 6.44. The van der Waals surface area contributed by atoms with E-state index in [1.54, 1.807) is 42.5 Å². The van der Waals surface area contributed by atoms with E-state index in [4.69, 9.17) is 39.5 Å².